The number of aromatic amines is 2. The van der Waals surface area contributed by atoms with Crippen molar-refractivity contribution in [1.82, 2.24) is 20.2 Å². The predicted octanol–water partition coefficient (Wildman–Crippen LogP) is 1.71. The Morgan fingerprint density at radius 2 is 2.35 bits per heavy atom. The minimum Gasteiger partial charge on any atom is -0.462 e. The maximum Gasteiger partial charge on any atom is 0.343 e. The molecular formula is C10H10N4O2S. The van der Waals surface area contributed by atoms with E-state index in [9.17, 15) is 4.79 Å². The van der Waals surface area contributed by atoms with Gasteiger partial charge in [-0.3, -0.25) is 10.2 Å². The molecule has 0 unspecified atom stereocenters. The molecule has 2 heterocycles. The second-order valence-electron chi connectivity index (χ2n) is 3.14. The van der Waals surface area contributed by atoms with Gasteiger partial charge in [-0.1, -0.05) is 12.2 Å². The number of ether oxygens (including phenoxy) is 1. The van der Waals surface area contributed by atoms with Crippen molar-refractivity contribution in [3.05, 3.63) is 28.8 Å². The number of nitrogens with zero attached hydrogens (tertiary/aromatic N) is 2. The molecular weight excluding hydrogens is 240 g/mol. The summed E-state index contributed by atoms with van der Waals surface area (Å²) in [6.07, 6.45) is 2.98. The van der Waals surface area contributed by atoms with Crippen molar-refractivity contribution in [2.24, 2.45) is 0 Å². The summed E-state index contributed by atoms with van der Waals surface area (Å²) in [5.74, 6) is -0.469. The van der Waals surface area contributed by atoms with E-state index in [1.165, 1.54) is 6.33 Å². The van der Waals surface area contributed by atoms with Gasteiger partial charge in [0.1, 0.15) is 16.5 Å². The van der Waals surface area contributed by atoms with Gasteiger partial charge in [-0.15, -0.1) is 0 Å². The monoisotopic (exact) mass is 250 g/mol. The molecule has 2 aromatic heterocycles. The molecule has 17 heavy (non-hydrogen) atoms. The summed E-state index contributed by atoms with van der Waals surface area (Å²) in [5, 5.41) is 5.51. The van der Waals surface area contributed by atoms with Crippen LogP contribution >= 0.6 is 12.2 Å². The lowest BCUT2D eigenvalue weighted by molar-refractivity contribution is 0.0526. The molecule has 2 N–H and O–H groups in total. The van der Waals surface area contributed by atoms with Crippen molar-refractivity contribution in [2.75, 3.05) is 6.61 Å². The van der Waals surface area contributed by atoms with Crippen molar-refractivity contribution in [3.8, 4) is 11.4 Å². The Balaban J connectivity index is 2.50. The fourth-order valence-corrected chi connectivity index (χ4v) is 1.62. The van der Waals surface area contributed by atoms with Gasteiger partial charge in [-0.25, -0.2) is 14.8 Å². The van der Waals surface area contributed by atoms with Crippen molar-refractivity contribution < 1.29 is 9.53 Å². The van der Waals surface area contributed by atoms with E-state index in [1.807, 2.05) is 0 Å². The summed E-state index contributed by atoms with van der Waals surface area (Å²) in [5.41, 5.74) is 1.38. The summed E-state index contributed by atoms with van der Waals surface area (Å²) < 4.78 is 5.24. The van der Waals surface area contributed by atoms with Gasteiger partial charge in [-0.05, 0) is 13.0 Å². The number of rotatable bonds is 3. The Morgan fingerprint density at radius 1 is 1.53 bits per heavy atom. The average molecular weight is 250 g/mol. The summed E-state index contributed by atoms with van der Waals surface area (Å²) >= 11 is 5.03. The third kappa shape index (κ3) is 2.23. The van der Waals surface area contributed by atoms with Crippen LogP contribution in [0.3, 0.4) is 0 Å². The lowest BCUT2D eigenvalue weighted by atomic mass is 10.2. The fraction of sp³-hybridized carbons (Fsp3) is 0.200. The second-order valence-corrected chi connectivity index (χ2v) is 3.55. The molecule has 0 saturated carbocycles. The van der Waals surface area contributed by atoms with E-state index < -0.39 is 5.97 Å². The van der Waals surface area contributed by atoms with Gasteiger partial charge in [0.05, 0.1) is 18.0 Å². The van der Waals surface area contributed by atoms with E-state index in [4.69, 9.17) is 17.0 Å². The molecule has 0 atom stereocenters. The van der Waals surface area contributed by atoms with Crippen LogP contribution in [0.15, 0.2) is 18.6 Å². The molecule has 6 nitrogen and oxygen atoms in total. The minimum atomic E-state index is -0.469. The number of hydrogen-bond acceptors (Lipinski definition) is 5. The van der Waals surface area contributed by atoms with Crippen LogP contribution in [-0.2, 0) is 4.74 Å². The van der Waals surface area contributed by atoms with Crippen molar-refractivity contribution in [3.63, 3.8) is 0 Å². The summed E-state index contributed by atoms with van der Waals surface area (Å²) in [4.78, 5) is 19.6. The summed E-state index contributed by atoms with van der Waals surface area (Å²) in [6.45, 7) is 2.03. The Bertz CT molecular complexity index is 575. The molecule has 0 fully saturated rings. The first kappa shape index (κ1) is 11.5. The van der Waals surface area contributed by atoms with Crippen LogP contribution in [0.1, 0.15) is 17.3 Å². The van der Waals surface area contributed by atoms with Gasteiger partial charge in [0.2, 0.25) is 0 Å². The van der Waals surface area contributed by atoms with Crippen molar-refractivity contribution >= 4 is 18.2 Å². The molecule has 0 spiro atoms. The predicted molar refractivity (Wildman–Crippen MR) is 63.0 cm³/mol. The van der Waals surface area contributed by atoms with Gasteiger partial charge in [0.15, 0.2) is 0 Å². The highest BCUT2D eigenvalue weighted by molar-refractivity contribution is 7.71. The van der Waals surface area contributed by atoms with E-state index in [2.05, 4.69) is 20.2 Å². The van der Waals surface area contributed by atoms with Crippen molar-refractivity contribution in [1.29, 1.82) is 0 Å². The zero-order chi connectivity index (χ0) is 12.3. The largest absolute Gasteiger partial charge is 0.462 e. The standard InChI is InChI=1S/C10H10N4O2S/c1-2-16-10(15)7-8(13-14-9(7)17)6-3-4-11-5-12-6/h3-5H,2H2,1H3,(H2,13,14,17). The first-order valence-corrected chi connectivity index (χ1v) is 5.39. The average Bonchev–Trinajstić information content (AvgIpc) is 2.73. The topological polar surface area (TPSA) is 83.7 Å². The van der Waals surface area contributed by atoms with E-state index in [1.54, 1.807) is 19.2 Å². The van der Waals surface area contributed by atoms with Crippen molar-refractivity contribution in [2.45, 2.75) is 6.92 Å². The molecule has 0 bridgehead atoms. The highest BCUT2D eigenvalue weighted by atomic mass is 32.1. The SMILES string of the molecule is CCOC(=O)c1c(-c2ccncn2)[nH][nH]c1=S. The second kappa shape index (κ2) is 4.88. The lowest BCUT2D eigenvalue weighted by Gasteiger charge is -2.01. The molecule has 0 radical (unpaired) electrons. The van der Waals surface area contributed by atoms with Gasteiger partial charge in [-0.2, -0.15) is 0 Å². The number of carbonyl (C=O) groups is 1. The summed E-state index contributed by atoms with van der Waals surface area (Å²) in [6, 6.07) is 1.68. The molecule has 2 aromatic rings. The normalized spacial score (nSPS) is 10.2. The Kier molecular flexibility index (Phi) is 3.29. The highest BCUT2D eigenvalue weighted by Crippen LogP contribution is 2.20. The number of aromatic nitrogens is 4. The first-order valence-electron chi connectivity index (χ1n) is 4.98. The van der Waals surface area contributed by atoms with Crippen LogP contribution < -0.4 is 0 Å². The number of esters is 1. The Morgan fingerprint density at radius 3 is 3.00 bits per heavy atom. The van der Waals surface area contributed by atoms with Crippen LogP contribution in [0.4, 0.5) is 0 Å². The summed E-state index contributed by atoms with van der Waals surface area (Å²) in [7, 11) is 0. The lowest BCUT2D eigenvalue weighted by Crippen LogP contribution is -2.06. The molecule has 88 valence electrons. The first-order chi connectivity index (χ1) is 8.24. The van der Waals surface area contributed by atoms with E-state index in [-0.39, 0.29) is 0 Å². The number of nitrogens with one attached hydrogen (secondary N) is 2. The van der Waals surface area contributed by atoms with Gasteiger partial charge in [0.25, 0.3) is 0 Å². The third-order valence-electron chi connectivity index (χ3n) is 2.10. The highest BCUT2D eigenvalue weighted by Gasteiger charge is 2.18. The van der Waals surface area contributed by atoms with Crippen LogP contribution in [0.25, 0.3) is 11.4 Å². The Hall–Kier alpha value is -2.02. The van der Waals surface area contributed by atoms with Crippen LogP contribution in [0.5, 0.6) is 0 Å². The third-order valence-corrected chi connectivity index (χ3v) is 2.40. The molecule has 2 rings (SSSR count). The Labute approximate surface area is 102 Å². The van der Waals surface area contributed by atoms with E-state index in [0.29, 0.717) is 28.2 Å². The van der Waals surface area contributed by atoms with Crippen LogP contribution in [0, 0.1) is 4.64 Å². The molecule has 0 aromatic carbocycles. The van der Waals surface area contributed by atoms with E-state index >= 15 is 0 Å². The molecule has 0 amide bonds. The molecule has 0 aliphatic carbocycles. The molecule has 7 heteroatoms. The van der Waals surface area contributed by atoms with E-state index in [0.717, 1.165) is 0 Å². The van der Waals surface area contributed by atoms with Gasteiger partial charge < -0.3 is 4.74 Å². The number of H-pyrrole nitrogens is 2. The van der Waals surface area contributed by atoms with Crippen LogP contribution in [0.2, 0.25) is 0 Å². The maximum atomic E-state index is 11.7. The fourth-order valence-electron chi connectivity index (χ4n) is 1.39. The zero-order valence-electron chi connectivity index (χ0n) is 9.06. The smallest absolute Gasteiger partial charge is 0.343 e. The number of carbonyl (C=O) groups excluding carboxylic acids is 1. The molecule has 0 aliphatic rings. The zero-order valence-corrected chi connectivity index (χ0v) is 9.87. The van der Waals surface area contributed by atoms with Gasteiger partial charge >= 0.3 is 5.97 Å². The molecule has 0 aliphatic heterocycles. The molecule has 0 saturated heterocycles. The van der Waals surface area contributed by atoms with Crippen LogP contribution in [-0.4, -0.2) is 32.7 Å². The minimum absolute atomic E-state index is 0.292. The number of hydrogen-bond donors (Lipinski definition) is 2. The quantitative estimate of drug-likeness (QED) is 0.640. The maximum absolute atomic E-state index is 11.7. The van der Waals surface area contributed by atoms with Gasteiger partial charge in [0, 0.05) is 6.20 Å².